The van der Waals surface area contributed by atoms with Gasteiger partial charge in [0.05, 0.1) is 6.54 Å². The molecule has 21 heavy (non-hydrogen) atoms. The number of amides is 2. The summed E-state index contributed by atoms with van der Waals surface area (Å²) in [7, 11) is 3.29. The second kappa shape index (κ2) is 7.57. The summed E-state index contributed by atoms with van der Waals surface area (Å²) >= 11 is 0. The smallest absolute Gasteiger partial charge is 0.247 e. The minimum absolute atomic E-state index is 0.0370. The van der Waals surface area contributed by atoms with Gasteiger partial charge < -0.3 is 9.80 Å². The van der Waals surface area contributed by atoms with Gasteiger partial charge in [0.1, 0.15) is 5.82 Å². The Morgan fingerprint density at radius 3 is 2.48 bits per heavy atom. The summed E-state index contributed by atoms with van der Waals surface area (Å²) in [6.07, 6.45) is 1.43. The third-order valence-corrected chi connectivity index (χ3v) is 3.14. The first-order valence-electron chi connectivity index (χ1n) is 6.78. The number of rotatable bonds is 5. The van der Waals surface area contributed by atoms with Crippen LogP contribution in [-0.2, 0) is 9.59 Å². The molecule has 0 N–H and O–H groups in total. The van der Waals surface area contributed by atoms with Crippen LogP contribution in [0.15, 0.2) is 30.3 Å². The van der Waals surface area contributed by atoms with E-state index in [0.29, 0.717) is 17.7 Å². The van der Waals surface area contributed by atoms with Crippen LogP contribution < -0.4 is 0 Å². The molecule has 0 unspecified atom stereocenters. The van der Waals surface area contributed by atoms with E-state index in [9.17, 15) is 14.0 Å². The van der Waals surface area contributed by atoms with E-state index in [1.807, 2.05) is 6.92 Å². The van der Waals surface area contributed by atoms with Crippen molar-refractivity contribution in [3.8, 4) is 0 Å². The predicted octanol–water partition coefficient (Wildman–Crippen LogP) is 2.17. The number of likely N-dealkylation sites (N-methyl/N-ethyl adjacent to an activating group) is 2. The summed E-state index contributed by atoms with van der Waals surface area (Å²) in [6, 6.07) is 6.07. The first-order valence-corrected chi connectivity index (χ1v) is 6.78. The molecule has 1 aromatic rings. The maximum Gasteiger partial charge on any atom is 0.247 e. The number of benzene rings is 1. The summed E-state index contributed by atoms with van der Waals surface area (Å²) in [5.74, 6) is -0.737. The maximum atomic E-state index is 13.2. The van der Waals surface area contributed by atoms with Gasteiger partial charge in [-0.2, -0.15) is 0 Å². The van der Waals surface area contributed by atoms with Crippen LogP contribution in [-0.4, -0.2) is 48.8 Å². The van der Waals surface area contributed by atoms with Crippen molar-refractivity contribution >= 4 is 17.4 Å². The Kier molecular flexibility index (Phi) is 6.09. The van der Waals surface area contributed by atoms with E-state index in [0.717, 1.165) is 0 Å². The van der Waals surface area contributed by atoms with E-state index in [1.165, 1.54) is 28.0 Å². The van der Waals surface area contributed by atoms with Gasteiger partial charge in [0.25, 0.3) is 0 Å². The van der Waals surface area contributed by atoms with Crippen LogP contribution in [0.2, 0.25) is 0 Å². The van der Waals surface area contributed by atoms with Gasteiger partial charge in [-0.3, -0.25) is 9.59 Å². The molecule has 1 aromatic carbocycles. The zero-order valence-electron chi connectivity index (χ0n) is 12.9. The average Bonchev–Trinajstić information content (AvgIpc) is 2.43. The molecule has 0 atom stereocenters. The highest BCUT2D eigenvalue weighted by Crippen LogP contribution is 2.15. The van der Waals surface area contributed by atoms with Gasteiger partial charge >= 0.3 is 0 Å². The molecule has 0 radical (unpaired) electrons. The Bertz CT molecular complexity index is 553. The quantitative estimate of drug-likeness (QED) is 0.780. The van der Waals surface area contributed by atoms with Crippen LogP contribution in [0.5, 0.6) is 0 Å². The topological polar surface area (TPSA) is 40.6 Å². The van der Waals surface area contributed by atoms with Crippen molar-refractivity contribution in [2.75, 3.05) is 27.2 Å². The lowest BCUT2D eigenvalue weighted by Gasteiger charge is -2.21. The standard InChI is InChI=1S/C16H21FN2O2/c1-5-19(11-16(21)18(3)4)15(20)9-12(2)13-7-6-8-14(17)10-13/h6-10H,5,11H2,1-4H3/b12-9-. The van der Waals surface area contributed by atoms with Gasteiger partial charge in [-0.15, -0.1) is 0 Å². The molecular formula is C16H21FN2O2. The molecule has 5 heteroatoms. The lowest BCUT2D eigenvalue weighted by Crippen LogP contribution is -2.39. The van der Waals surface area contributed by atoms with Gasteiger partial charge in [0.2, 0.25) is 11.8 Å². The highest BCUT2D eigenvalue weighted by molar-refractivity contribution is 5.96. The van der Waals surface area contributed by atoms with Gasteiger partial charge in [-0.05, 0) is 37.1 Å². The van der Waals surface area contributed by atoms with Crippen molar-refractivity contribution in [3.05, 3.63) is 41.7 Å². The Hall–Kier alpha value is -2.17. The fraction of sp³-hybridized carbons (Fsp3) is 0.375. The van der Waals surface area contributed by atoms with Gasteiger partial charge in [0.15, 0.2) is 0 Å². The monoisotopic (exact) mass is 292 g/mol. The first kappa shape index (κ1) is 16.9. The second-order valence-electron chi connectivity index (χ2n) is 4.98. The molecule has 0 aliphatic heterocycles. The number of carbonyl (C=O) groups excluding carboxylic acids is 2. The summed E-state index contributed by atoms with van der Waals surface area (Å²) in [5, 5.41) is 0. The van der Waals surface area contributed by atoms with E-state index in [1.54, 1.807) is 33.2 Å². The summed E-state index contributed by atoms with van der Waals surface area (Å²) in [4.78, 5) is 26.8. The first-order chi connectivity index (χ1) is 9.85. The largest absolute Gasteiger partial charge is 0.347 e. The van der Waals surface area contributed by atoms with Crippen LogP contribution in [0.3, 0.4) is 0 Å². The Morgan fingerprint density at radius 1 is 1.29 bits per heavy atom. The van der Waals surface area contributed by atoms with Crippen LogP contribution in [0, 0.1) is 5.82 Å². The molecule has 0 aliphatic rings. The molecule has 0 aromatic heterocycles. The van der Waals surface area contributed by atoms with E-state index in [2.05, 4.69) is 0 Å². The molecule has 0 saturated heterocycles. The fourth-order valence-electron chi connectivity index (χ4n) is 1.74. The summed E-state index contributed by atoms with van der Waals surface area (Å²) in [6.45, 7) is 4.03. The highest BCUT2D eigenvalue weighted by atomic mass is 19.1. The third-order valence-electron chi connectivity index (χ3n) is 3.14. The molecule has 0 heterocycles. The molecular weight excluding hydrogens is 271 g/mol. The number of carbonyl (C=O) groups is 2. The number of hydrogen-bond donors (Lipinski definition) is 0. The molecule has 0 aliphatic carbocycles. The third kappa shape index (κ3) is 5.02. The fourth-order valence-corrected chi connectivity index (χ4v) is 1.74. The van der Waals surface area contributed by atoms with Gasteiger partial charge in [-0.25, -0.2) is 4.39 Å². The minimum atomic E-state index is -0.345. The highest BCUT2D eigenvalue weighted by Gasteiger charge is 2.15. The molecule has 114 valence electrons. The summed E-state index contributed by atoms with van der Waals surface area (Å²) in [5.41, 5.74) is 1.31. The zero-order chi connectivity index (χ0) is 16.0. The van der Waals surface area contributed by atoms with E-state index in [-0.39, 0.29) is 24.2 Å². The maximum absolute atomic E-state index is 13.2. The SMILES string of the molecule is CCN(CC(=O)N(C)C)C(=O)/C=C(/C)c1cccc(F)c1. The molecule has 0 spiro atoms. The zero-order valence-corrected chi connectivity index (χ0v) is 12.9. The molecule has 0 bridgehead atoms. The molecule has 4 nitrogen and oxygen atoms in total. The van der Waals surface area contributed by atoms with Crippen molar-refractivity contribution in [3.63, 3.8) is 0 Å². The molecule has 1 rings (SSSR count). The Labute approximate surface area is 124 Å². The minimum Gasteiger partial charge on any atom is -0.347 e. The Morgan fingerprint density at radius 2 is 1.95 bits per heavy atom. The number of hydrogen-bond acceptors (Lipinski definition) is 2. The molecule has 0 saturated carbocycles. The summed E-state index contributed by atoms with van der Waals surface area (Å²) < 4.78 is 13.2. The Balaban J connectivity index is 2.85. The lowest BCUT2D eigenvalue weighted by atomic mass is 10.1. The van der Waals surface area contributed by atoms with Crippen molar-refractivity contribution in [2.45, 2.75) is 13.8 Å². The second-order valence-corrected chi connectivity index (χ2v) is 4.98. The van der Waals surface area contributed by atoms with Crippen molar-refractivity contribution < 1.29 is 14.0 Å². The number of allylic oxidation sites excluding steroid dienone is 1. The normalized spacial score (nSPS) is 11.2. The van der Waals surface area contributed by atoms with Crippen LogP contribution >= 0.6 is 0 Å². The predicted molar refractivity (Wildman–Crippen MR) is 81.0 cm³/mol. The van der Waals surface area contributed by atoms with Crippen molar-refractivity contribution in [2.24, 2.45) is 0 Å². The van der Waals surface area contributed by atoms with Crippen LogP contribution in [0.25, 0.3) is 5.57 Å². The van der Waals surface area contributed by atoms with Gasteiger partial charge in [-0.1, -0.05) is 12.1 Å². The number of nitrogens with zero attached hydrogens (tertiary/aromatic N) is 2. The van der Waals surface area contributed by atoms with E-state index >= 15 is 0 Å². The van der Waals surface area contributed by atoms with Gasteiger partial charge in [0, 0.05) is 26.7 Å². The van der Waals surface area contributed by atoms with Crippen LogP contribution in [0.4, 0.5) is 4.39 Å². The molecule has 0 fully saturated rings. The number of halogens is 1. The average molecular weight is 292 g/mol. The lowest BCUT2D eigenvalue weighted by molar-refractivity contribution is -0.136. The van der Waals surface area contributed by atoms with E-state index < -0.39 is 0 Å². The molecule has 2 amide bonds. The van der Waals surface area contributed by atoms with Crippen LogP contribution in [0.1, 0.15) is 19.4 Å². The van der Waals surface area contributed by atoms with E-state index in [4.69, 9.17) is 0 Å². The van der Waals surface area contributed by atoms with Crippen molar-refractivity contribution in [1.82, 2.24) is 9.80 Å². The van der Waals surface area contributed by atoms with Crippen molar-refractivity contribution in [1.29, 1.82) is 0 Å².